The zero-order valence-electron chi connectivity index (χ0n) is 10.2. The number of aryl methyl sites for hydroxylation is 1. The molecule has 16 heavy (non-hydrogen) atoms. The number of aromatic nitrogens is 2. The number of hydrogen-bond acceptors (Lipinski definition) is 4. The van der Waals surface area contributed by atoms with E-state index in [4.69, 9.17) is 0 Å². The van der Waals surface area contributed by atoms with Gasteiger partial charge in [0.25, 0.3) is 0 Å². The molecule has 1 aliphatic carbocycles. The van der Waals surface area contributed by atoms with Crippen LogP contribution in [0.15, 0.2) is 0 Å². The van der Waals surface area contributed by atoms with E-state index in [1.165, 1.54) is 32.1 Å². The van der Waals surface area contributed by atoms with E-state index in [9.17, 15) is 0 Å². The molecule has 4 heteroatoms. The van der Waals surface area contributed by atoms with Crippen LogP contribution >= 0.6 is 11.3 Å². The quantitative estimate of drug-likeness (QED) is 0.878. The third-order valence-corrected chi connectivity index (χ3v) is 4.34. The third-order valence-electron chi connectivity index (χ3n) is 3.50. The molecule has 0 aliphatic heterocycles. The van der Waals surface area contributed by atoms with Crippen molar-refractivity contribution in [2.24, 2.45) is 5.92 Å². The van der Waals surface area contributed by atoms with E-state index >= 15 is 0 Å². The maximum atomic E-state index is 4.14. The van der Waals surface area contributed by atoms with Crippen molar-refractivity contribution in [2.45, 2.75) is 58.5 Å². The van der Waals surface area contributed by atoms with E-state index in [0.29, 0.717) is 6.04 Å². The first kappa shape index (κ1) is 12.0. The van der Waals surface area contributed by atoms with Gasteiger partial charge in [-0.15, -0.1) is 21.5 Å². The van der Waals surface area contributed by atoms with Gasteiger partial charge in [0.1, 0.15) is 10.0 Å². The molecule has 1 saturated carbocycles. The summed E-state index contributed by atoms with van der Waals surface area (Å²) in [6.07, 6.45) is 7.04. The molecule has 1 fully saturated rings. The minimum atomic E-state index is 0.615. The summed E-state index contributed by atoms with van der Waals surface area (Å²) < 4.78 is 0. The third kappa shape index (κ3) is 3.25. The second kappa shape index (κ2) is 5.73. The summed E-state index contributed by atoms with van der Waals surface area (Å²) in [4.78, 5) is 0. The van der Waals surface area contributed by atoms with E-state index < -0.39 is 0 Å². The smallest absolute Gasteiger partial charge is 0.131 e. The molecule has 0 radical (unpaired) electrons. The number of hydrogen-bond donors (Lipinski definition) is 1. The summed E-state index contributed by atoms with van der Waals surface area (Å²) in [6, 6.07) is 0.615. The maximum absolute atomic E-state index is 4.14. The Morgan fingerprint density at radius 3 is 2.69 bits per heavy atom. The van der Waals surface area contributed by atoms with E-state index in [0.717, 1.165) is 22.5 Å². The first-order valence-corrected chi connectivity index (χ1v) is 7.09. The Morgan fingerprint density at radius 1 is 1.31 bits per heavy atom. The highest BCUT2D eigenvalue weighted by atomic mass is 32.1. The lowest BCUT2D eigenvalue weighted by atomic mass is 9.84. The lowest BCUT2D eigenvalue weighted by molar-refractivity contribution is 0.280. The second-order valence-corrected chi connectivity index (χ2v) is 6.05. The Kier molecular flexibility index (Phi) is 4.29. The van der Waals surface area contributed by atoms with Gasteiger partial charge < -0.3 is 5.32 Å². The largest absolute Gasteiger partial charge is 0.308 e. The molecule has 1 atom stereocenters. The van der Waals surface area contributed by atoms with Crippen LogP contribution in [0.4, 0.5) is 0 Å². The molecule has 3 nitrogen and oxygen atoms in total. The monoisotopic (exact) mass is 239 g/mol. The van der Waals surface area contributed by atoms with E-state index in [1.54, 1.807) is 11.3 Å². The van der Waals surface area contributed by atoms with Crippen molar-refractivity contribution in [3.8, 4) is 0 Å². The molecule has 1 aliphatic rings. The van der Waals surface area contributed by atoms with Crippen molar-refractivity contribution in [1.29, 1.82) is 0 Å². The highest BCUT2D eigenvalue weighted by Crippen LogP contribution is 2.26. The number of nitrogens with one attached hydrogen (secondary N) is 1. The van der Waals surface area contributed by atoms with Crippen LogP contribution in [-0.2, 0) is 6.54 Å². The normalized spacial score (nSPS) is 19.9. The van der Waals surface area contributed by atoms with Crippen LogP contribution in [0.5, 0.6) is 0 Å². The Balaban J connectivity index is 1.76. The Morgan fingerprint density at radius 2 is 2.06 bits per heavy atom. The Bertz CT molecular complexity index is 318. The van der Waals surface area contributed by atoms with Gasteiger partial charge in [-0.3, -0.25) is 0 Å². The molecule has 1 heterocycles. The first-order valence-electron chi connectivity index (χ1n) is 6.28. The lowest BCUT2D eigenvalue weighted by Crippen LogP contribution is -2.34. The fourth-order valence-electron chi connectivity index (χ4n) is 2.46. The van der Waals surface area contributed by atoms with Gasteiger partial charge in [-0.25, -0.2) is 0 Å². The van der Waals surface area contributed by atoms with Gasteiger partial charge in [0.2, 0.25) is 0 Å². The van der Waals surface area contributed by atoms with Crippen molar-refractivity contribution < 1.29 is 0 Å². The summed E-state index contributed by atoms with van der Waals surface area (Å²) in [5.74, 6) is 0.864. The minimum Gasteiger partial charge on any atom is -0.308 e. The summed E-state index contributed by atoms with van der Waals surface area (Å²) in [5.41, 5.74) is 0. The van der Waals surface area contributed by atoms with Crippen LogP contribution in [0.2, 0.25) is 0 Å². The lowest BCUT2D eigenvalue weighted by Gasteiger charge is -2.28. The highest BCUT2D eigenvalue weighted by Gasteiger charge is 2.19. The van der Waals surface area contributed by atoms with Crippen molar-refractivity contribution in [1.82, 2.24) is 15.5 Å². The molecule has 1 N–H and O–H groups in total. The maximum Gasteiger partial charge on any atom is 0.131 e. The number of rotatable bonds is 4. The Labute approximate surface area is 102 Å². The van der Waals surface area contributed by atoms with Gasteiger partial charge in [-0.1, -0.05) is 19.3 Å². The molecule has 0 bridgehead atoms. The van der Waals surface area contributed by atoms with Gasteiger partial charge >= 0.3 is 0 Å². The van der Waals surface area contributed by atoms with Crippen molar-refractivity contribution >= 4 is 11.3 Å². The zero-order valence-corrected chi connectivity index (χ0v) is 11.0. The zero-order chi connectivity index (χ0) is 11.4. The van der Waals surface area contributed by atoms with Gasteiger partial charge in [0.15, 0.2) is 0 Å². The van der Waals surface area contributed by atoms with Crippen LogP contribution in [0.3, 0.4) is 0 Å². The molecule has 1 unspecified atom stereocenters. The molecule has 0 amide bonds. The molecule has 0 spiro atoms. The minimum absolute atomic E-state index is 0.615. The summed E-state index contributed by atoms with van der Waals surface area (Å²) >= 11 is 1.69. The van der Waals surface area contributed by atoms with Crippen LogP contribution in [-0.4, -0.2) is 16.2 Å². The SMILES string of the molecule is Cc1nnc(CNC(C)C2CCCCC2)s1. The van der Waals surface area contributed by atoms with Crippen molar-refractivity contribution in [3.05, 3.63) is 10.0 Å². The standard InChI is InChI=1S/C12H21N3S/c1-9(11-6-4-3-5-7-11)13-8-12-15-14-10(2)16-12/h9,11,13H,3-8H2,1-2H3. The molecular weight excluding hydrogens is 218 g/mol. The molecule has 0 aromatic carbocycles. The highest BCUT2D eigenvalue weighted by molar-refractivity contribution is 7.11. The summed E-state index contributed by atoms with van der Waals surface area (Å²) in [6.45, 7) is 5.19. The Hall–Kier alpha value is -0.480. The van der Waals surface area contributed by atoms with Gasteiger partial charge in [-0.05, 0) is 32.6 Å². The molecule has 90 valence electrons. The molecule has 1 aromatic rings. The van der Waals surface area contributed by atoms with Gasteiger partial charge in [0, 0.05) is 12.6 Å². The molecule has 0 saturated heterocycles. The topological polar surface area (TPSA) is 37.8 Å². The fourth-order valence-corrected chi connectivity index (χ4v) is 3.12. The van der Waals surface area contributed by atoms with Crippen LogP contribution in [0.1, 0.15) is 49.0 Å². The van der Waals surface area contributed by atoms with E-state index in [1.807, 2.05) is 6.92 Å². The van der Waals surface area contributed by atoms with Gasteiger partial charge in [-0.2, -0.15) is 0 Å². The summed E-state index contributed by atoms with van der Waals surface area (Å²) in [5, 5.41) is 13.9. The predicted molar refractivity (Wildman–Crippen MR) is 67.5 cm³/mol. The number of nitrogens with zero attached hydrogens (tertiary/aromatic N) is 2. The van der Waals surface area contributed by atoms with Crippen molar-refractivity contribution in [3.63, 3.8) is 0 Å². The second-order valence-electron chi connectivity index (χ2n) is 4.78. The molecular formula is C12H21N3S. The fraction of sp³-hybridized carbons (Fsp3) is 0.833. The summed E-state index contributed by atoms with van der Waals surface area (Å²) in [7, 11) is 0. The van der Waals surface area contributed by atoms with E-state index in [-0.39, 0.29) is 0 Å². The van der Waals surface area contributed by atoms with Gasteiger partial charge in [0.05, 0.1) is 0 Å². The van der Waals surface area contributed by atoms with Crippen molar-refractivity contribution in [2.75, 3.05) is 0 Å². The first-order chi connectivity index (χ1) is 7.75. The molecule has 1 aromatic heterocycles. The average Bonchev–Trinajstić information content (AvgIpc) is 2.73. The van der Waals surface area contributed by atoms with E-state index in [2.05, 4.69) is 22.4 Å². The average molecular weight is 239 g/mol. The van der Waals surface area contributed by atoms with Crippen LogP contribution in [0.25, 0.3) is 0 Å². The van der Waals surface area contributed by atoms with Crippen LogP contribution < -0.4 is 5.32 Å². The van der Waals surface area contributed by atoms with Crippen LogP contribution in [0, 0.1) is 12.8 Å². The predicted octanol–water partition coefficient (Wildman–Crippen LogP) is 2.90. The molecule has 2 rings (SSSR count).